The zero-order valence-corrected chi connectivity index (χ0v) is 13.9. The highest BCUT2D eigenvalue weighted by Gasteiger charge is 2.03. The quantitative estimate of drug-likeness (QED) is 0.597. The van der Waals surface area contributed by atoms with Crippen LogP contribution in [0.5, 0.6) is 0 Å². The molecule has 0 aliphatic rings. The van der Waals surface area contributed by atoms with Gasteiger partial charge in [-0.15, -0.1) is 0 Å². The first-order chi connectivity index (χ1) is 9.82. The molecule has 0 aromatic carbocycles. The Morgan fingerprint density at radius 2 is 1.14 bits per heavy atom. The van der Waals surface area contributed by atoms with E-state index in [0.29, 0.717) is 18.1 Å². The summed E-state index contributed by atoms with van der Waals surface area (Å²) in [4.78, 5) is 29.9. The van der Waals surface area contributed by atoms with E-state index in [0.717, 1.165) is 0 Å². The Labute approximate surface area is 131 Å². The van der Waals surface area contributed by atoms with Gasteiger partial charge in [0.15, 0.2) is 0 Å². The molecule has 2 N–H and O–H groups in total. The smallest absolute Gasteiger partial charge is 0.333 e. The van der Waals surface area contributed by atoms with Gasteiger partial charge in [-0.2, -0.15) is 0 Å². The van der Waals surface area contributed by atoms with Gasteiger partial charge in [-0.25, -0.2) is 14.4 Å². The third-order valence-electron chi connectivity index (χ3n) is 1.63. The van der Waals surface area contributed by atoms with Gasteiger partial charge in [-0.1, -0.05) is 33.6 Å². The van der Waals surface area contributed by atoms with Crippen LogP contribution in [0.1, 0.15) is 34.6 Å². The lowest BCUT2D eigenvalue weighted by Gasteiger charge is -2.05. The summed E-state index contributed by atoms with van der Waals surface area (Å²) in [7, 11) is 0. The first-order valence-electron chi connectivity index (χ1n) is 6.43. The zero-order valence-electron chi connectivity index (χ0n) is 13.9. The maximum atomic E-state index is 10.7. The van der Waals surface area contributed by atoms with Crippen molar-refractivity contribution in [1.82, 2.24) is 0 Å². The Morgan fingerprint density at radius 3 is 1.27 bits per heavy atom. The fourth-order valence-electron chi connectivity index (χ4n) is 0.366. The molecular formula is C16H26O6. The molecule has 0 spiro atoms. The van der Waals surface area contributed by atoms with Crippen molar-refractivity contribution < 1.29 is 29.3 Å². The highest BCUT2D eigenvalue weighted by atomic mass is 16.5. The van der Waals surface area contributed by atoms with Crippen molar-refractivity contribution in [2.24, 2.45) is 5.92 Å². The summed E-state index contributed by atoms with van der Waals surface area (Å²) in [6.45, 7) is 18.8. The van der Waals surface area contributed by atoms with E-state index in [4.69, 9.17) is 14.9 Å². The lowest BCUT2D eigenvalue weighted by molar-refractivity contribution is -0.140. The maximum absolute atomic E-state index is 10.7. The van der Waals surface area contributed by atoms with Gasteiger partial charge in [0, 0.05) is 16.7 Å². The van der Waals surface area contributed by atoms with Crippen LogP contribution in [0.3, 0.4) is 0 Å². The molecule has 0 radical (unpaired) electrons. The monoisotopic (exact) mass is 314 g/mol. The van der Waals surface area contributed by atoms with Crippen LogP contribution in [0, 0.1) is 5.92 Å². The van der Waals surface area contributed by atoms with Crippen molar-refractivity contribution in [1.29, 1.82) is 0 Å². The van der Waals surface area contributed by atoms with Crippen molar-refractivity contribution in [2.75, 3.05) is 6.61 Å². The molecule has 0 amide bonds. The highest BCUT2D eigenvalue weighted by molar-refractivity contribution is 5.87. The first-order valence-corrected chi connectivity index (χ1v) is 6.43. The molecule has 0 aromatic rings. The second-order valence-electron chi connectivity index (χ2n) is 4.94. The Hall–Kier alpha value is -2.37. The number of carboxylic acids is 2. The van der Waals surface area contributed by atoms with Crippen LogP contribution in [-0.2, 0) is 19.1 Å². The Balaban J connectivity index is -0.000000261. The molecule has 0 aromatic heterocycles. The molecule has 0 aliphatic heterocycles. The lowest BCUT2D eigenvalue weighted by Crippen LogP contribution is -2.09. The van der Waals surface area contributed by atoms with Gasteiger partial charge in [0.2, 0.25) is 0 Å². The first kappa shape index (κ1) is 24.6. The van der Waals surface area contributed by atoms with Crippen LogP contribution < -0.4 is 0 Å². The van der Waals surface area contributed by atoms with Gasteiger partial charge >= 0.3 is 17.9 Å². The number of carboxylic acid groups (broad SMARTS) is 2. The number of carbonyl (C=O) groups excluding carboxylic acids is 1. The summed E-state index contributed by atoms with van der Waals surface area (Å²) >= 11 is 0. The van der Waals surface area contributed by atoms with E-state index in [2.05, 4.69) is 19.7 Å². The number of ether oxygens (including phenoxy) is 1. The number of rotatable bonds is 5. The highest BCUT2D eigenvalue weighted by Crippen LogP contribution is 1.97. The van der Waals surface area contributed by atoms with Gasteiger partial charge in [0.25, 0.3) is 0 Å². The molecule has 6 nitrogen and oxygen atoms in total. The summed E-state index contributed by atoms with van der Waals surface area (Å²) in [5, 5.41) is 15.8. The van der Waals surface area contributed by atoms with Crippen molar-refractivity contribution in [2.45, 2.75) is 34.6 Å². The number of hydrogen-bond donors (Lipinski definition) is 2. The van der Waals surface area contributed by atoms with E-state index in [-0.39, 0.29) is 17.1 Å². The molecule has 0 saturated carbocycles. The standard InChI is InChI=1S/C8H14O2.2C4H6O2/c1-6(2)5-10-8(9)7(3)4;2*1-3(2)4(5)6/h6H,3,5H2,1-2,4H3;2*1H2,2H3,(H,5,6). The van der Waals surface area contributed by atoms with Gasteiger partial charge in [-0.05, 0) is 26.7 Å². The third kappa shape index (κ3) is 22.8. The number of esters is 1. The molecular weight excluding hydrogens is 288 g/mol. The summed E-state index contributed by atoms with van der Waals surface area (Å²) in [6.07, 6.45) is 0. The zero-order chi connectivity index (χ0) is 18.5. The average molecular weight is 314 g/mol. The largest absolute Gasteiger partial charge is 0.478 e. The second-order valence-corrected chi connectivity index (χ2v) is 4.94. The number of carbonyl (C=O) groups is 3. The molecule has 0 saturated heterocycles. The molecule has 0 bridgehead atoms. The van der Waals surface area contributed by atoms with Crippen molar-refractivity contribution >= 4 is 17.9 Å². The van der Waals surface area contributed by atoms with Crippen LogP contribution in [0.15, 0.2) is 36.5 Å². The van der Waals surface area contributed by atoms with Crippen LogP contribution in [0.2, 0.25) is 0 Å². The van der Waals surface area contributed by atoms with E-state index in [1.807, 2.05) is 13.8 Å². The van der Waals surface area contributed by atoms with E-state index in [9.17, 15) is 14.4 Å². The van der Waals surface area contributed by atoms with Crippen LogP contribution in [0.25, 0.3) is 0 Å². The number of aliphatic carboxylic acids is 2. The Morgan fingerprint density at radius 1 is 0.864 bits per heavy atom. The van der Waals surface area contributed by atoms with E-state index < -0.39 is 11.9 Å². The predicted molar refractivity (Wildman–Crippen MR) is 85.5 cm³/mol. The number of hydrogen-bond acceptors (Lipinski definition) is 4. The van der Waals surface area contributed by atoms with Gasteiger partial charge in [0.05, 0.1) is 6.61 Å². The van der Waals surface area contributed by atoms with Crippen LogP contribution >= 0.6 is 0 Å². The molecule has 6 heteroatoms. The molecule has 22 heavy (non-hydrogen) atoms. The van der Waals surface area contributed by atoms with Crippen LogP contribution in [0.4, 0.5) is 0 Å². The molecule has 0 fully saturated rings. The predicted octanol–water partition coefficient (Wildman–Crippen LogP) is 3.06. The summed E-state index contributed by atoms with van der Waals surface area (Å²) in [5.74, 6) is -1.78. The lowest BCUT2D eigenvalue weighted by atomic mass is 10.2. The van der Waals surface area contributed by atoms with Crippen molar-refractivity contribution in [3.63, 3.8) is 0 Å². The normalized spacial score (nSPS) is 8.45. The van der Waals surface area contributed by atoms with Gasteiger partial charge in [-0.3, -0.25) is 0 Å². The van der Waals surface area contributed by atoms with E-state index in [1.54, 1.807) is 6.92 Å². The molecule has 0 heterocycles. The fourth-order valence-corrected chi connectivity index (χ4v) is 0.366. The van der Waals surface area contributed by atoms with Gasteiger partial charge in [0.1, 0.15) is 0 Å². The summed E-state index contributed by atoms with van der Waals surface area (Å²) < 4.78 is 4.83. The van der Waals surface area contributed by atoms with Crippen LogP contribution in [-0.4, -0.2) is 34.7 Å². The van der Waals surface area contributed by atoms with E-state index in [1.165, 1.54) is 13.8 Å². The summed E-state index contributed by atoms with van der Waals surface area (Å²) in [5.41, 5.74) is 0.811. The maximum Gasteiger partial charge on any atom is 0.333 e. The fraction of sp³-hybridized carbons (Fsp3) is 0.438. The molecule has 126 valence electrons. The molecule has 0 rings (SSSR count). The molecule has 0 atom stereocenters. The van der Waals surface area contributed by atoms with Crippen molar-refractivity contribution in [3.8, 4) is 0 Å². The topological polar surface area (TPSA) is 101 Å². The van der Waals surface area contributed by atoms with Crippen molar-refractivity contribution in [3.05, 3.63) is 36.5 Å². The minimum atomic E-state index is -0.935. The summed E-state index contributed by atoms with van der Waals surface area (Å²) in [6, 6.07) is 0. The Bertz CT molecular complexity index is 384. The van der Waals surface area contributed by atoms with E-state index >= 15 is 0 Å². The third-order valence-corrected chi connectivity index (χ3v) is 1.63. The average Bonchev–Trinajstić information content (AvgIpc) is 2.36. The molecule has 0 aliphatic carbocycles. The van der Waals surface area contributed by atoms with Gasteiger partial charge < -0.3 is 14.9 Å². The minimum Gasteiger partial charge on any atom is -0.478 e. The SMILES string of the molecule is C=C(C)C(=O)O.C=C(C)C(=O)O.C=C(C)C(=O)OCC(C)C. The Kier molecular flexibility index (Phi) is 15.2. The minimum absolute atomic E-state index is 0.176. The molecule has 0 unspecified atom stereocenters. The second kappa shape index (κ2) is 13.6.